The Morgan fingerprint density at radius 3 is 1.38 bits per heavy atom. The molecule has 0 radical (unpaired) electrons. The predicted octanol–water partition coefficient (Wildman–Crippen LogP) is 9.78. The molecule has 5 heteroatoms. The van der Waals surface area contributed by atoms with Crippen LogP contribution in [-0.4, -0.2) is 36.4 Å². The van der Waals surface area contributed by atoms with Crippen molar-refractivity contribution in [3.8, 4) is 0 Å². The fraction of sp³-hybridized carbons (Fsp3) is 0.882. The first-order valence-electron chi connectivity index (χ1n) is 16.7. The first-order chi connectivity index (χ1) is 19.1. The minimum absolute atomic E-state index is 0.0641. The highest BCUT2D eigenvalue weighted by atomic mass is 16.6. The van der Waals surface area contributed by atoms with Crippen LogP contribution in [0.2, 0.25) is 0 Å². The highest BCUT2D eigenvalue weighted by Gasteiger charge is 2.16. The molecule has 0 aromatic carbocycles. The lowest BCUT2D eigenvalue weighted by atomic mass is 10.1. The van der Waals surface area contributed by atoms with Crippen molar-refractivity contribution in [3.63, 3.8) is 0 Å². The summed E-state index contributed by atoms with van der Waals surface area (Å²) in [4.78, 5) is 24.1. The average Bonchev–Trinajstić information content (AvgIpc) is 2.94. The Morgan fingerprint density at radius 1 is 0.564 bits per heavy atom. The molecular weight excluding hydrogens is 488 g/mol. The van der Waals surface area contributed by atoms with Crippen LogP contribution in [0, 0.1) is 0 Å². The SMILES string of the molecule is CCCCCCC/C=C\CCCCCCCC(=O)O[C@@H](CO)COC(=O)CCCCCCCCCCCCC. The number of carbonyl (C=O) groups is 2. The summed E-state index contributed by atoms with van der Waals surface area (Å²) < 4.78 is 10.5. The zero-order chi connectivity index (χ0) is 28.7. The maximum Gasteiger partial charge on any atom is 0.306 e. The second-order valence-corrected chi connectivity index (χ2v) is 11.2. The third-order valence-corrected chi connectivity index (χ3v) is 7.31. The van der Waals surface area contributed by atoms with E-state index < -0.39 is 6.10 Å². The minimum Gasteiger partial charge on any atom is -0.462 e. The predicted molar refractivity (Wildman–Crippen MR) is 164 cm³/mol. The number of carbonyl (C=O) groups excluding carboxylic acids is 2. The van der Waals surface area contributed by atoms with Gasteiger partial charge in [0.15, 0.2) is 6.10 Å². The monoisotopic (exact) mass is 552 g/mol. The molecule has 0 saturated heterocycles. The van der Waals surface area contributed by atoms with Gasteiger partial charge in [0.25, 0.3) is 0 Å². The molecule has 0 aliphatic rings. The molecule has 0 unspecified atom stereocenters. The van der Waals surface area contributed by atoms with Gasteiger partial charge < -0.3 is 14.6 Å². The Hall–Kier alpha value is -1.36. The van der Waals surface area contributed by atoms with Gasteiger partial charge in [-0.15, -0.1) is 0 Å². The van der Waals surface area contributed by atoms with Gasteiger partial charge >= 0.3 is 11.9 Å². The van der Waals surface area contributed by atoms with Gasteiger partial charge in [-0.05, 0) is 38.5 Å². The molecular formula is C34H64O5. The molecule has 5 nitrogen and oxygen atoms in total. The van der Waals surface area contributed by atoms with Gasteiger partial charge in [-0.1, -0.05) is 135 Å². The molecule has 1 atom stereocenters. The number of aliphatic hydroxyl groups excluding tert-OH is 1. The standard InChI is InChI=1S/C34H64O5/c1-3-5-7-9-11-13-15-16-17-19-21-23-25-27-29-34(37)39-32(30-35)31-38-33(36)28-26-24-22-20-18-14-12-10-8-6-4-2/h15-16,32,35H,3-14,17-31H2,1-2H3/b16-15-/t32-/m0/s1. The number of esters is 2. The van der Waals surface area contributed by atoms with Crippen LogP contribution in [0.3, 0.4) is 0 Å². The van der Waals surface area contributed by atoms with Crippen molar-refractivity contribution in [2.24, 2.45) is 0 Å². The second kappa shape index (κ2) is 31.2. The first kappa shape index (κ1) is 37.6. The largest absolute Gasteiger partial charge is 0.462 e. The van der Waals surface area contributed by atoms with E-state index in [1.54, 1.807) is 0 Å². The third kappa shape index (κ3) is 29.4. The molecule has 0 aliphatic carbocycles. The molecule has 1 N–H and O–H groups in total. The number of aliphatic hydroxyl groups is 1. The lowest BCUT2D eigenvalue weighted by molar-refractivity contribution is -0.161. The summed E-state index contributed by atoms with van der Waals surface area (Å²) in [5.74, 6) is -0.598. The molecule has 0 rings (SSSR count). The summed E-state index contributed by atoms with van der Waals surface area (Å²) in [6.07, 6.45) is 32.6. The number of ether oxygens (including phenoxy) is 2. The molecule has 0 heterocycles. The highest BCUT2D eigenvalue weighted by Crippen LogP contribution is 2.13. The van der Waals surface area contributed by atoms with E-state index >= 15 is 0 Å². The summed E-state index contributed by atoms with van der Waals surface area (Å²) in [7, 11) is 0. The van der Waals surface area contributed by atoms with Crippen LogP contribution in [0.25, 0.3) is 0 Å². The van der Waals surface area contributed by atoms with Crippen LogP contribution in [0.4, 0.5) is 0 Å². The number of hydrogen-bond acceptors (Lipinski definition) is 5. The number of hydrogen-bond donors (Lipinski definition) is 1. The Bertz CT molecular complexity index is 560. The summed E-state index contributed by atoms with van der Waals surface area (Å²) in [5, 5.41) is 9.49. The molecule has 0 aliphatic heterocycles. The van der Waals surface area contributed by atoms with Gasteiger partial charge in [-0.25, -0.2) is 0 Å². The van der Waals surface area contributed by atoms with E-state index in [0.717, 1.165) is 44.9 Å². The van der Waals surface area contributed by atoms with Crippen LogP contribution < -0.4 is 0 Å². The summed E-state index contributed by atoms with van der Waals surface area (Å²) in [6, 6.07) is 0. The lowest BCUT2D eigenvalue weighted by Gasteiger charge is -2.15. The Balaban J connectivity index is 3.58. The van der Waals surface area contributed by atoms with Crippen molar-refractivity contribution < 1.29 is 24.2 Å². The van der Waals surface area contributed by atoms with Crippen molar-refractivity contribution in [2.75, 3.05) is 13.2 Å². The molecule has 0 fully saturated rings. The van der Waals surface area contributed by atoms with Gasteiger partial charge in [0, 0.05) is 12.8 Å². The maximum atomic E-state index is 12.1. The Morgan fingerprint density at radius 2 is 0.949 bits per heavy atom. The Kier molecular flexibility index (Phi) is 30.1. The van der Waals surface area contributed by atoms with Crippen molar-refractivity contribution in [3.05, 3.63) is 12.2 Å². The van der Waals surface area contributed by atoms with Crippen LogP contribution in [0.1, 0.15) is 174 Å². The molecule has 39 heavy (non-hydrogen) atoms. The molecule has 0 saturated carbocycles. The number of unbranched alkanes of at least 4 members (excludes halogenated alkanes) is 20. The molecule has 0 aromatic rings. The number of allylic oxidation sites excluding steroid dienone is 2. The zero-order valence-corrected chi connectivity index (χ0v) is 25.9. The second-order valence-electron chi connectivity index (χ2n) is 11.2. The van der Waals surface area contributed by atoms with Crippen molar-refractivity contribution in [1.82, 2.24) is 0 Å². The van der Waals surface area contributed by atoms with E-state index in [1.807, 2.05) is 0 Å². The van der Waals surface area contributed by atoms with Crippen molar-refractivity contribution >= 4 is 11.9 Å². The quantitative estimate of drug-likeness (QED) is 0.0545. The van der Waals surface area contributed by atoms with Crippen LogP contribution in [-0.2, 0) is 19.1 Å². The van der Waals surface area contributed by atoms with E-state index in [-0.39, 0.29) is 25.2 Å². The summed E-state index contributed by atoms with van der Waals surface area (Å²) in [5.41, 5.74) is 0. The minimum atomic E-state index is -0.766. The van der Waals surface area contributed by atoms with Gasteiger partial charge in [0.1, 0.15) is 6.61 Å². The summed E-state index contributed by atoms with van der Waals surface area (Å²) in [6.45, 7) is 4.10. The van der Waals surface area contributed by atoms with Crippen LogP contribution >= 0.6 is 0 Å². The lowest BCUT2D eigenvalue weighted by Crippen LogP contribution is -2.28. The molecule has 0 amide bonds. The zero-order valence-electron chi connectivity index (χ0n) is 25.9. The van der Waals surface area contributed by atoms with Gasteiger partial charge in [0.2, 0.25) is 0 Å². The fourth-order valence-electron chi connectivity index (χ4n) is 4.72. The molecule has 0 bridgehead atoms. The molecule has 230 valence electrons. The summed E-state index contributed by atoms with van der Waals surface area (Å²) >= 11 is 0. The topological polar surface area (TPSA) is 72.8 Å². The smallest absolute Gasteiger partial charge is 0.306 e. The van der Waals surface area contributed by atoms with E-state index in [9.17, 15) is 14.7 Å². The number of rotatable bonds is 30. The first-order valence-corrected chi connectivity index (χ1v) is 16.7. The van der Waals surface area contributed by atoms with Gasteiger partial charge in [0.05, 0.1) is 6.61 Å². The molecule has 0 aromatic heterocycles. The van der Waals surface area contributed by atoms with Crippen LogP contribution in [0.15, 0.2) is 12.2 Å². The normalized spacial score (nSPS) is 12.2. The van der Waals surface area contributed by atoms with Crippen LogP contribution in [0.5, 0.6) is 0 Å². The third-order valence-electron chi connectivity index (χ3n) is 7.31. The van der Waals surface area contributed by atoms with Gasteiger partial charge in [-0.2, -0.15) is 0 Å². The van der Waals surface area contributed by atoms with E-state index in [2.05, 4.69) is 26.0 Å². The van der Waals surface area contributed by atoms with Gasteiger partial charge in [-0.3, -0.25) is 9.59 Å². The molecule has 0 spiro atoms. The van der Waals surface area contributed by atoms with E-state index in [1.165, 1.54) is 103 Å². The maximum absolute atomic E-state index is 12.1. The average molecular weight is 553 g/mol. The van der Waals surface area contributed by atoms with E-state index in [4.69, 9.17) is 9.47 Å². The highest BCUT2D eigenvalue weighted by molar-refractivity contribution is 5.70. The van der Waals surface area contributed by atoms with E-state index in [0.29, 0.717) is 12.8 Å². The Labute approximate surface area is 241 Å². The fourth-order valence-corrected chi connectivity index (χ4v) is 4.72. The van der Waals surface area contributed by atoms with Crippen molar-refractivity contribution in [2.45, 2.75) is 180 Å². The van der Waals surface area contributed by atoms with Crippen molar-refractivity contribution in [1.29, 1.82) is 0 Å².